The molecule has 3 heterocycles. The van der Waals surface area contributed by atoms with Crippen LogP contribution < -0.4 is 15.9 Å². The van der Waals surface area contributed by atoms with E-state index in [1.165, 1.54) is 18.2 Å². The highest BCUT2D eigenvalue weighted by Gasteiger charge is 2.45. The number of hydrogen-bond donors (Lipinski definition) is 0. The summed E-state index contributed by atoms with van der Waals surface area (Å²) in [6.45, 7) is 0. The van der Waals surface area contributed by atoms with Crippen LogP contribution in [-0.4, -0.2) is 35.2 Å². The van der Waals surface area contributed by atoms with Gasteiger partial charge in [0.1, 0.15) is 16.3 Å². The predicted octanol–water partition coefficient (Wildman–Crippen LogP) is 5.27. The number of hydrogen-bond acceptors (Lipinski definition) is 9. The lowest BCUT2D eigenvalue weighted by atomic mass is 10.1. The summed E-state index contributed by atoms with van der Waals surface area (Å²) in [4.78, 5) is 3.79. The number of fused-ring (bicyclic) bond motifs is 6. The summed E-state index contributed by atoms with van der Waals surface area (Å²) in [6.07, 6.45) is 0. The van der Waals surface area contributed by atoms with E-state index in [1.807, 2.05) is 0 Å². The molecule has 6 aromatic rings. The van der Waals surface area contributed by atoms with Gasteiger partial charge < -0.3 is 4.57 Å². The van der Waals surface area contributed by atoms with Crippen molar-refractivity contribution in [2.24, 2.45) is 0 Å². The van der Waals surface area contributed by atoms with Gasteiger partial charge >= 0.3 is 0 Å². The van der Waals surface area contributed by atoms with Crippen molar-refractivity contribution in [3.05, 3.63) is 126 Å². The number of nitrogens with zero attached hydrogens (tertiary/aromatic N) is 2. The Kier molecular flexibility index (Phi) is 7.33. The standard InChI is InChI=1S/C34H16F5N2O7PS3/c35-25-26(36)28(38)32(29(39)27(25)37)50(43,44)20-12-14-22-24(16-20)52(47,48)34-31(22)41-33-30(40-34)21-13-11-19(15-23(21)51(33,45)46)49(42,17-7-3-1-4-8-17)18-9-5-2-6-10-18/h1-16H. The zero-order chi connectivity index (χ0) is 37.1. The Morgan fingerprint density at radius 2 is 0.942 bits per heavy atom. The Labute approximate surface area is 291 Å². The van der Waals surface area contributed by atoms with Crippen LogP contribution in [0.5, 0.6) is 0 Å². The first-order valence-electron chi connectivity index (χ1n) is 14.7. The van der Waals surface area contributed by atoms with E-state index >= 15 is 0 Å². The molecule has 18 heteroatoms. The van der Waals surface area contributed by atoms with Crippen LogP contribution in [-0.2, 0) is 34.1 Å². The largest absolute Gasteiger partial charge is 0.309 e. The van der Waals surface area contributed by atoms with E-state index in [0.717, 1.165) is 6.07 Å². The van der Waals surface area contributed by atoms with Crippen molar-refractivity contribution in [1.29, 1.82) is 0 Å². The second kappa shape index (κ2) is 11.2. The first-order valence-corrected chi connectivity index (χ1v) is 20.9. The van der Waals surface area contributed by atoms with Crippen LogP contribution in [0.2, 0.25) is 0 Å². The lowest BCUT2D eigenvalue weighted by Gasteiger charge is -2.20. The Morgan fingerprint density at radius 1 is 0.519 bits per heavy atom. The highest BCUT2D eigenvalue weighted by atomic mass is 32.2. The molecule has 2 aliphatic heterocycles. The van der Waals surface area contributed by atoms with Gasteiger partial charge in [-0.15, -0.1) is 0 Å². The van der Waals surface area contributed by atoms with Crippen molar-refractivity contribution >= 4 is 52.6 Å². The van der Waals surface area contributed by atoms with Crippen molar-refractivity contribution in [2.45, 2.75) is 29.6 Å². The molecule has 0 spiro atoms. The van der Waals surface area contributed by atoms with Crippen molar-refractivity contribution in [2.75, 3.05) is 0 Å². The normalized spacial score (nSPS) is 15.1. The maximum atomic E-state index is 14.9. The second-order valence-corrected chi connectivity index (χ2v) is 19.9. The fraction of sp³-hybridized carbons (Fsp3) is 0. The van der Waals surface area contributed by atoms with Gasteiger partial charge in [-0.25, -0.2) is 57.2 Å². The van der Waals surface area contributed by atoms with E-state index in [2.05, 4.69) is 9.97 Å². The molecule has 0 saturated heterocycles. The zero-order valence-electron chi connectivity index (χ0n) is 25.6. The number of halogens is 5. The van der Waals surface area contributed by atoms with Crippen LogP contribution in [0.3, 0.4) is 0 Å². The highest BCUT2D eigenvalue weighted by Crippen LogP contribution is 2.50. The molecule has 9 nitrogen and oxygen atoms in total. The summed E-state index contributed by atoms with van der Waals surface area (Å²) in [5.41, 5.74) is -1.25. The third-order valence-corrected chi connectivity index (χ3v) is 16.9. The SMILES string of the molecule is O=P(c1ccccc1)(c1ccccc1)c1ccc2c(c1)S(=O)(=O)c1nc3c(nc1-2)S(=O)(=O)c1cc(S(=O)(=O)c2c(F)c(F)c(F)c(F)c2F)ccc1-3. The summed E-state index contributed by atoms with van der Waals surface area (Å²) < 4.78 is 167. The molecular formula is C34H16F5N2O7PS3. The third-order valence-electron chi connectivity index (χ3n) is 8.70. The lowest BCUT2D eigenvalue weighted by molar-refractivity contribution is 0.357. The van der Waals surface area contributed by atoms with Crippen molar-refractivity contribution in [3.63, 3.8) is 0 Å². The van der Waals surface area contributed by atoms with Crippen molar-refractivity contribution < 1.29 is 51.8 Å². The van der Waals surface area contributed by atoms with Gasteiger partial charge in [0.15, 0.2) is 40.5 Å². The maximum absolute atomic E-state index is 14.9. The maximum Gasteiger partial charge on any atom is 0.226 e. The zero-order valence-corrected chi connectivity index (χ0v) is 28.9. The Hall–Kier alpha value is -5.09. The minimum absolute atomic E-state index is 0.0533. The molecule has 5 aromatic carbocycles. The molecule has 0 aliphatic carbocycles. The Bertz CT molecular complexity index is 2910. The topological polar surface area (TPSA) is 145 Å². The Morgan fingerprint density at radius 3 is 1.42 bits per heavy atom. The summed E-state index contributed by atoms with van der Waals surface area (Å²) in [5.74, 6) is -13.0. The quantitative estimate of drug-likeness (QED) is 0.0749. The fourth-order valence-electron chi connectivity index (χ4n) is 6.21. The van der Waals surface area contributed by atoms with Gasteiger partial charge in [0.05, 0.1) is 14.7 Å². The Balaban J connectivity index is 1.26. The van der Waals surface area contributed by atoms with Gasteiger partial charge in [-0.3, -0.25) is 0 Å². The minimum Gasteiger partial charge on any atom is -0.309 e. The van der Waals surface area contributed by atoms with E-state index in [9.17, 15) is 51.8 Å². The lowest BCUT2D eigenvalue weighted by Crippen LogP contribution is -2.25. The predicted molar refractivity (Wildman–Crippen MR) is 175 cm³/mol. The molecule has 0 fully saturated rings. The van der Waals surface area contributed by atoms with E-state index in [0.29, 0.717) is 22.7 Å². The number of aromatic nitrogens is 2. The van der Waals surface area contributed by atoms with Crippen molar-refractivity contribution in [3.8, 4) is 22.5 Å². The third kappa shape index (κ3) is 4.49. The molecule has 262 valence electrons. The highest BCUT2D eigenvalue weighted by molar-refractivity contribution is 7.93. The smallest absolute Gasteiger partial charge is 0.226 e. The molecule has 2 aliphatic rings. The van der Waals surface area contributed by atoms with Gasteiger partial charge in [0.2, 0.25) is 35.3 Å². The summed E-state index contributed by atoms with van der Waals surface area (Å²) in [5, 5.41) is -0.414. The van der Waals surface area contributed by atoms with E-state index < -0.39 is 96.2 Å². The molecular weight excluding hydrogens is 771 g/mol. The average molecular weight is 787 g/mol. The molecule has 8 rings (SSSR count). The summed E-state index contributed by atoms with van der Waals surface area (Å²) >= 11 is 0. The molecule has 0 radical (unpaired) electrons. The van der Waals surface area contributed by atoms with Gasteiger partial charge in [-0.2, -0.15) is 0 Å². The van der Waals surface area contributed by atoms with Gasteiger partial charge in [0, 0.05) is 27.0 Å². The molecule has 0 saturated carbocycles. The van der Waals surface area contributed by atoms with Gasteiger partial charge in [0.25, 0.3) is 0 Å². The molecule has 0 bridgehead atoms. The first-order chi connectivity index (χ1) is 24.5. The first kappa shape index (κ1) is 34.0. The van der Waals surface area contributed by atoms with Crippen molar-refractivity contribution in [1.82, 2.24) is 9.97 Å². The molecule has 1 aromatic heterocycles. The number of rotatable bonds is 5. The van der Waals surface area contributed by atoms with Crippen LogP contribution in [0.25, 0.3) is 22.5 Å². The number of sulfone groups is 3. The average Bonchev–Trinajstić information content (AvgIpc) is 3.51. The van der Waals surface area contributed by atoms with Gasteiger partial charge in [-0.1, -0.05) is 78.9 Å². The second-order valence-electron chi connectivity index (χ2n) is 11.6. The molecule has 0 atom stereocenters. The molecule has 0 N–H and O–H groups in total. The monoisotopic (exact) mass is 786 g/mol. The van der Waals surface area contributed by atoms with Crippen LogP contribution >= 0.6 is 7.14 Å². The molecule has 0 unspecified atom stereocenters. The number of benzene rings is 5. The van der Waals surface area contributed by atoms with Crippen LogP contribution in [0.4, 0.5) is 22.0 Å². The minimum atomic E-state index is -5.57. The fourth-order valence-corrected chi connectivity index (χ4v) is 13.6. The molecule has 0 amide bonds. The summed E-state index contributed by atoms with van der Waals surface area (Å²) in [7, 11) is -18.6. The van der Waals surface area contributed by atoms with E-state index in [4.69, 9.17) is 0 Å². The summed E-state index contributed by atoms with van der Waals surface area (Å²) in [6, 6.07) is 22.8. The van der Waals surface area contributed by atoms with E-state index in [1.54, 1.807) is 60.7 Å². The van der Waals surface area contributed by atoms with E-state index in [-0.39, 0.29) is 27.0 Å². The van der Waals surface area contributed by atoms with Crippen LogP contribution in [0.15, 0.2) is 127 Å². The van der Waals surface area contributed by atoms with Crippen LogP contribution in [0, 0.1) is 29.1 Å². The van der Waals surface area contributed by atoms with Crippen LogP contribution in [0.1, 0.15) is 0 Å². The molecule has 52 heavy (non-hydrogen) atoms. The van der Waals surface area contributed by atoms with Gasteiger partial charge in [-0.05, 0) is 18.2 Å².